The van der Waals surface area contributed by atoms with Gasteiger partial charge in [0.15, 0.2) is 34.9 Å². The number of fused-ring (bicyclic) bond motifs is 3. The molecule has 0 saturated carbocycles. The Labute approximate surface area is 812 Å². The maximum atomic E-state index is 15.5. The number of hydrogen-bond acceptors (Lipinski definition) is 21. The van der Waals surface area contributed by atoms with E-state index in [-0.39, 0.29) is 158 Å². The number of hydrogen-bond donors (Lipinski definition) is 3. The van der Waals surface area contributed by atoms with Crippen LogP contribution in [0.3, 0.4) is 0 Å². The van der Waals surface area contributed by atoms with E-state index in [1.54, 1.807) is 87.0 Å². The summed E-state index contributed by atoms with van der Waals surface area (Å²) in [5, 5.41) is 27.0. The van der Waals surface area contributed by atoms with Crippen molar-refractivity contribution < 1.29 is 40.7 Å². The van der Waals surface area contributed by atoms with Gasteiger partial charge in [0, 0.05) is 113 Å². The first kappa shape index (κ1) is 99.7. The van der Waals surface area contributed by atoms with Crippen LogP contribution in [0.4, 0.5) is 60.5 Å². The fraction of sp³-hybridized carbons (Fsp3) is 0.258. The third kappa shape index (κ3) is 17.8. The fourth-order valence-corrected chi connectivity index (χ4v) is 18.6. The highest BCUT2D eigenvalue weighted by molar-refractivity contribution is 6.41. The Morgan fingerprint density at radius 3 is 0.800 bits per heavy atom. The van der Waals surface area contributed by atoms with E-state index in [1.807, 2.05) is 41.5 Å². The van der Waals surface area contributed by atoms with Crippen LogP contribution in [-0.4, -0.2) is 155 Å². The molecule has 0 bridgehead atoms. The van der Waals surface area contributed by atoms with Gasteiger partial charge in [-0.1, -0.05) is 166 Å². The lowest BCUT2D eigenvalue weighted by Gasteiger charge is -2.36. The molecular formula is C93H78Cl9F6N21O6. The van der Waals surface area contributed by atoms with Gasteiger partial charge >= 0.3 is 0 Å². The van der Waals surface area contributed by atoms with E-state index >= 15 is 13.2 Å². The summed E-state index contributed by atoms with van der Waals surface area (Å²) in [6, 6.07) is 15.6. The molecule has 12 aromatic rings. The van der Waals surface area contributed by atoms with Gasteiger partial charge in [0.05, 0.1) is 117 Å². The number of anilines is 6. The number of rotatable bonds is 15. The van der Waals surface area contributed by atoms with Crippen molar-refractivity contribution in [3.8, 4) is 69.0 Å². The highest BCUT2D eigenvalue weighted by Gasteiger charge is 2.38. The van der Waals surface area contributed by atoms with Crippen molar-refractivity contribution in [2.24, 2.45) is 0 Å². The van der Waals surface area contributed by atoms with E-state index in [2.05, 4.69) is 67.8 Å². The summed E-state index contributed by atoms with van der Waals surface area (Å²) >= 11 is 56.1. The van der Waals surface area contributed by atoms with Crippen molar-refractivity contribution in [3.05, 3.63) is 255 Å². The van der Waals surface area contributed by atoms with Crippen molar-refractivity contribution in [1.29, 1.82) is 15.8 Å². The van der Waals surface area contributed by atoms with Gasteiger partial charge in [-0.05, 0) is 110 Å². The molecule has 27 nitrogen and oxygen atoms in total. The molecule has 135 heavy (non-hydrogen) atoms. The van der Waals surface area contributed by atoms with Crippen LogP contribution in [0, 0.1) is 89.7 Å². The second-order valence-electron chi connectivity index (χ2n) is 32.2. The van der Waals surface area contributed by atoms with E-state index in [1.165, 1.54) is 50.1 Å². The molecule has 6 N–H and O–H groups in total. The number of carbonyl (C=O) groups excluding carboxylic acids is 3. The Morgan fingerprint density at radius 1 is 0.378 bits per heavy atom. The van der Waals surface area contributed by atoms with Gasteiger partial charge in [-0.3, -0.25) is 57.4 Å². The van der Waals surface area contributed by atoms with E-state index < -0.39 is 115 Å². The van der Waals surface area contributed by atoms with Gasteiger partial charge in [0.2, 0.25) is 17.7 Å². The summed E-state index contributed by atoms with van der Waals surface area (Å²) in [4.78, 5) is 118. The second-order valence-corrected chi connectivity index (χ2v) is 35.7. The lowest BCUT2D eigenvalue weighted by Crippen LogP contribution is -2.49. The number of aromatic nitrogens is 9. The first-order chi connectivity index (χ1) is 64.0. The first-order valence-corrected chi connectivity index (χ1v) is 44.7. The lowest BCUT2D eigenvalue weighted by molar-refractivity contribution is -0.127. The predicted octanol–water partition coefficient (Wildman–Crippen LogP) is 19.2. The van der Waals surface area contributed by atoms with Crippen LogP contribution in [0.25, 0.3) is 83.9 Å². The highest BCUT2D eigenvalue weighted by Crippen LogP contribution is 2.50. The minimum absolute atomic E-state index is 0.00590. The zero-order valence-electron chi connectivity index (χ0n) is 73.2. The molecule has 0 radical (unpaired) electrons. The molecule has 0 atom stereocenters. The van der Waals surface area contributed by atoms with Crippen LogP contribution in [0.15, 0.2) is 107 Å². The van der Waals surface area contributed by atoms with Crippen molar-refractivity contribution in [2.75, 3.05) is 110 Å². The van der Waals surface area contributed by atoms with Crippen LogP contribution in [0.1, 0.15) is 110 Å². The maximum absolute atomic E-state index is 15.5. The summed E-state index contributed by atoms with van der Waals surface area (Å²) in [7, 11) is 0. The molecule has 3 aliphatic rings. The topological polar surface area (TPSA) is 363 Å². The molecule has 696 valence electrons. The van der Waals surface area contributed by atoms with Crippen molar-refractivity contribution >= 4 is 189 Å². The van der Waals surface area contributed by atoms with Crippen LogP contribution in [0.5, 0.6) is 0 Å². The maximum Gasteiger partial charge on any atom is 0.276 e. The number of amides is 3. The second kappa shape index (κ2) is 40.1. The van der Waals surface area contributed by atoms with Gasteiger partial charge in [-0.15, -0.1) is 0 Å². The summed E-state index contributed by atoms with van der Waals surface area (Å²) < 4.78 is 93.9. The molecule has 15 rings (SSSR count). The quantitative estimate of drug-likeness (QED) is 0.0282. The summed E-state index contributed by atoms with van der Waals surface area (Å²) in [5.41, 5.74) is 17.5. The number of nitrogens with two attached hydrogens (primary N) is 3. The number of nitrogen functional groups attached to an aromatic ring is 3. The Hall–Kier alpha value is -12.7. The number of benzene rings is 3. The van der Waals surface area contributed by atoms with Gasteiger partial charge in [0.1, 0.15) is 82.0 Å². The average molecular weight is 2020 g/mol. The summed E-state index contributed by atoms with van der Waals surface area (Å²) in [5.74, 6) is -8.64. The van der Waals surface area contributed by atoms with Gasteiger partial charge in [-0.2, -0.15) is 15.8 Å². The molecule has 0 aliphatic carbocycles. The molecule has 0 spiro atoms. The third-order valence-corrected chi connectivity index (χ3v) is 26.2. The van der Waals surface area contributed by atoms with Crippen LogP contribution in [0.2, 0.25) is 45.2 Å². The zero-order valence-corrected chi connectivity index (χ0v) is 80.0. The fourth-order valence-electron chi connectivity index (χ4n) is 16.6. The first-order valence-electron chi connectivity index (χ1n) is 41.3. The van der Waals surface area contributed by atoms with Crippen LogP contribution < -0.4 is 48.6 Å². The highest BCUT2D eigenvalue weighted by atomic mass is 35.5. The molecule has 3 saturated heterocycles. The lowest BCUT2D eigenvalue weighted by atomic mass is 10.0. The van der Waals surface area contributed by atoms with Crippen molar-refractivity contribution in [3.63, 3.8) is 0 Å². The Balaban J connectivity index is 0.000000171. The Kier molecular flexibility index (Phi) is 29.6. The van der Waals surface area contributed by atoms with E-state index in [0.717, 1.165) is 0 Å². The normalized spacial score (nSPS) is 13.4. The largest absolute Gasteiger partial charge is 0.397 e. The predicted molar refractivity (Wildman–Crippen MR) is 517 cm³/mol. The number of pyridine rings is 9. The van der Waals surface area contributed by atoms with Gasteiger partial charge in [-0.25, -0.2) is 41.3 Å². The van der Waals surface area contributed by atoms with Gasteiger partial charge < -0.3 is 46.6 Å². The standard InChI is InChI=1S/3C31H26Cl3F2N7O2/c3*1-5-19(44)41-8-10-42(11-9-41)29-16-12-18(32)27(20-23(35)21(33)24(36)22(34)25(20)38)40-30(16)43(31(45)17(29)13-37)28-15(4)6-7-39-26(28)14(2)3/h3*5-7,12,14H,1,8-11,38H2,2-4H3. The average Bonchev–Trinajstić information content (AvgIpc) is 0.728. The zero-order chi connectivity index (χ0) is 98.7. The minimum Gasteiger partial charge on any atom is -0.397 e. The number of piperazine rings is 3. The molecule has 3 amide bonds. The molecular weight excluding hydrogens is 1940 g/mol. The Bertz CT molecular complexity index is 6650. The van der Waals surface area contributed by atoms with E-state index in [0.29, 0.717) is 106 Å². The molecule has 3 fully saturated rings. The monoisotopic (exact) mass is 2010 g/mol. The minimum atomic E-state index is -1.24. The summed E-state index contributed by atoms with van der Waals surface area (Å²) in [6.07, 6.45) is 8.50. The number of nitrogens with zero attached hydrogens (tertiary/aromatic N) is 18. The number of aryl methyl sites for hydroxylation is 3. The number of halogens is 15. The summed E-state index contributed by atoms with van der Waals surface area (Å²) in [6.45, 7) is 30.8. The molecule has 42 heteroatoms. The van der Waals surface area contributed by atoms with Crippen LogP contribution >= 0.6 is 104 Å². The molecule has 12 heterocycles. The van der Waals surface area contributed by atoms with Crippen molar-refractivity contribution in [1.82, 2.24) is 58.3 Å². The molecule has 3 aliphatic heterocycles. The Morgan fingerprint density at radius 2 is 0.600 bits per heavy atom. The molecule has 9 aromatic heterocycles. The number of carbonyl (C=O) groups is 3. The number of nitriles is 3. The van der Waals surface area contributed by atoms with E-state index in [9.17, 15) is 57.7 Å². The third-order valence-electron chi connectivity index (χ3n) is 23.2. The van der Waals surface area contributed by atoms with E-state index in [4.69, 9.17) is 122 Å². The van der Waals surface area contributed by atoms with Crippen LogP contribution in [-0.2, 0) is 14.4 Å². The van der Waals surface area contributed by atoms with Crippen molar-refractivity contribution in [2.45, 2.75) is 80.1 Å². The molecule has 3 aromatic carbocycles. The van der Waals surface area contributed by atoms with Gasteiger partial charge in [0.25, 0.3) is 16.7 Å². The molecule has 0 unspecified atom stereocenters. The SMILES string of the molecule is C=CC(=O)N1CCN(c2c(C#N)c(=O)n(-c3c(C)ccnc3C(C)C)c3nc(-c4c(N)c(Cl)c(F)c(Cl)c4F)c(Cl)cc23)CC1.C=CC(=O)N1CCN(c2c(C#N)c(=O)n(-c3c(C)ccnc3C(C)C)c3nc(-c4c(N)c(Cl)c(F)c(Cl)c4F)c(Cl)cc23)CC1.C=CC(=O)N1CCN(c2c(C#N)c(=O)n(-c3c(C)ccnc3C(C)C)c3nc(-c4c(N)c(Cl)c(F)c(Cl)c4F)c(Cl)cc23)CC1. The smallest absolute Gasteiger partial charge is 0.276 e.